The molecule has 0 saturated heterocycles. The second-order valence-electron chi connectivity index (χ2n) is 8.59. The highest BCUT2D eigenvalue weighted by molar-refractivity contribution is 5.98. The first-order chi connectivity index (χ1) is 16.7. The Bertz CT molecular complexity index is 1260. The molecule has 1 aliphatic carbocycles. The molecule has 0 aliphatic heterocycles. The van der Waals surface area contributed by atoms with Crippen molar-refractivity contribution in [1.82, 2.24) is 5.32 Å². The first kappa shape index (κ1) is 23.9. The molecular weight excluding hydrogens is 451 g/mol. The molecular formula is C27H25FN2O5. The number of fused-ring (bicyclic) bond motifs is 3. The van der Waals surface area contributed by atoms with Gasteiger partial charge in [0.1, 0.15) is 18.0 Å². The second-order valence-corrected chi connectivity index (χ2v) is 8.59. The maximum atomic E-state index is 14.6. The number of carbonyl (C=O) groups is 3. The summed E-state index contributed by atoms with van der Waals surface area (Å²) in [7, 11) is 0. The maximum absolute atomic E-state index is 14.6. The van der Waals surface area contributed by atoms with E-state index in [9.17, 15) is 23.9 Å². The van der Waals surface area contributed by atoms with Crippen molar-refractivity contribution in [3.8, 4) is 11.1 Å². The van der Waals surface area contributed by atoms with Crippen molar-refractivity contribution in [3.63, 3.8) is 0 Å². The molecule has 180 valence electrons. The van der Waals surface area contributed by atoms with E-state index in [1.807, 2.05) is 48.5 Å². The van der Waals surface area contributed by atoms with E-state index >= 15 is 0 Å². The summed E-state index contributed by atoms with van der Waals surface area (Å²) in [5, 5.41) is 14.1. The first-order valence-corrected chi connectivity index (χ1v) is 11.2. The number of rotatable bonds is 7. The van der Waals surface area contributed by atoms with Crippen LogP contribution < -0.4 is 10.6 Å². The minimum Gasteiger partial charge on any atom is -0.480 e. The lowest BCUT2D eigenvalue weighted by Gasteiger charge is -2.24. The molecule has 0 bridgehead atoms. The minimum absolute atomic E-state index is 0.104. The number of halogens is 1. The van der Waals surface area contributed by atoms with Crippen molar-refractivity contribution in [2.75, 3.05) is 11.9 Å². The Hall–Kier alpha value is -4.20. The number of hydrogen-bond acceptors (Lipinski definition) is 4. The van der Waals surface area contributed by atoms with E-state index in [0.717, 1.165) is 28.3 Å². The van der Waals surface area contributed by atoms with Crippen LogP contribution >= 0.6 is 0 Å². The zero-order valence-corrected chi connectivity index (χ0v) is 19.3. The van der Waals surface area contributed by atoms with Gasteiger partial charge < -0.3 is 15.2 Å². The van der Waals surface area contributed by atoms with Crippen LogP contribution in [0.1, 0.15) is 47.7 Å². The molecule has 1 atom stereocenters. The molecule has 3 aromatic carbocycles. The lowest BCUT2D eigenvalue weighted by atomic mass is 9.98. The monoisotopic (exact) mass is 476 g/mol. The predicted octanol–water partition coefficient (Wildman–Crippen LogP) is 5.17. The average molecular weight is 477 g/mol. The lowest BCUT2D eigenvalue weighted by Crippen LogP contribution is -2.51. The fraction of sp³-hybridized carbons (Fsp3) is 0.222. The molecule has 0 aromatic heterocycles. The van der Waals surface area contributed by atoms with E-state index in [-0.39, 0.29) is 30.2 Å². The average Bonchev–Trinajstić information content (AvgIpc) is 3.16. The van der Waals surface area contributed by atoms with Crippen molar-refractivity contribution < 1.29 is 28.6 Å². The zero-order chi connectivity index (χ0) is 25.2. The van der Waals surface area contributed by atoms with Crippen LogP contribution in [0.15, 0.2) is 66.7 Å². The number of carboxylic acid groups (broad SMARTS) is 1. The summed E-state index contributed by atoms with van der Waals surface area (Å²) in [5.74, 6) is -3.09. The van der Waals surface area contributed by atoms with Crippen LogP contribution in [0.2, 0.25) is 0 Å². The summed E-state index contributed by atoms with van der Waals surface area (Å²) in [6.07, 6.45) is -0.634. The van der Waals surface area contributed by atoms with E-state index in [2.05, 4.69) is 10.6 Å². The Morgan fingerprint density at radius 2 is 1.60 bits per heavy atom. The smallest absolute Gasteiger partial charge is 0.411 e. The molecule has 1 aliphatic rings. The third-order valence-electron chi connectivity index (χ3n) is 6.37. The van der Waals surface area contributed by atoms with Gasteiger partial charge in [-0.3, -0.25) is 10.1 Å². The Balaban J connectivity index is 1.41. The third-order valence-corrected chi connectivity index (χ3v) is 6.37. The predicted molar refractivity (Wildman–Crippen MR) is 129 cm³/mol. The molecule has 8 heteroatoms. The standard InChI is InChI=1S/C27H25FN2O5/c1-3-27(2,25(32)33)30-24(31)21-13-12-16(14-23(21)28)29-26(34)35-15-22-19-10-6-4-8-17(19)18-9-5-7-11-20(18)22/h4-14,22H,3,15H2,1-2H3,(H,29,34)(H,30,31)(H,32,33). The van der Waals surface area contributed by atoms with Crippen molar-refractivity contribution in [1.29, 1.82) is 0 Å². The number of carbonyl (C=O) groups excluding carboxylic acids is 2. The van der Waals surface area contributed by atoms with Crippen molar-refractivity contribution in [2.24, 2.45) is 0 Å². The molecule has 0 radical (unpaired) electrons. The number of hydrogen-bond donors (Lipinski definition) is 3. The van der Waals surface area contributed by atoms with Gasteiger partial charge in [0.05, 0.1) is 5.56 Å². The van der Waals surface area contributed by atoms with Gasteiger partial charge in [0, 0.05) is 11.6 Å². The first-order valence-electron chi connectivity index (χ1n) is 11.2. The van der Waals surface area contributed by atoms with Crippen LogP contribution in [0.3, 0.4) is 0 Å². The van der Waals surface area contributed by atoms with Gasteiger partial charge in [0.25, 0.3) is 5.91 Å². The summed E-state index contributed by atoms with van der Waals surface area (Å²) >= 11 is 0. The summed E-state index contributed by atoms with van der Waals surface area (Å²) in [6.45, 7) is 3.05. The highest BCUT2D eigenvalue weighted by Crippen LogP contribution is 2.44. The molecule has 3 aromatic rings. The number of aliphatic carboxylic acids is 1. The quantitative estimate of drug-likeness (QED) is 0.436. The van der Waals surface area contributed by atoms with Gasteiger partial charge in [0.15, 0.2) is 0 Å². The summed E-state index contributed by atoms with van der Waals surface area (Å²) in [4.78, 5) is 36.2. The number of benzene rings is 3. The highest BCUT2D eigenvalue weighted by Gasteiger charge is 2.34. The van der Waals surface area contributed by atoms with Gasteiger partial charge in [-0.1, -0.05) is 55.5 Å². The lowest BCUT2D eigenvalue weighted by molar-refractivity contribution is -0.143. The Labute approximate surface area is 201 Å². The summed E-state index contributed by atoms with van der Waals surface area (Å²) in [6, 6.07) is 19.4. The Morgan fingerprint density at radius 1 is 1.00 bits per heavy atom. The molecule has 0 saturated carbocycles. The molecule has 7 nitrogen and oxygen atoms in total. The zero-order valence-electron chi connectivity index (χ0n) is 19.3. The molecule has 35 heavy (non-hydrogen) atoms. The topological polar surface area (TPSA) is 105 Å². The van der Waals surface area contributed by atoms with E-state index in [1.165, 1.54) is 19.1 Å². The highest BCUT2D eigenvalue weighted by atomic mass is 19.1. The van der Waals surface area contributed by atoms with Gasteiger partial charge in [0.2, 0.25) is 0 Å². The van der Waals surface area contributed by atoms with Crippen molar-refractivity contribution in [2.45, 2.75) is 31.7 Å². The van der Waals surface area contributed by atoms with E-state index in [0.29, 0.717) is 0 Å². The molecule has 3 N–H and O–H groups in total. The SMILES string of the molecule is CCC(C)(NC(=O)c1ccc(NC(=O)OCC2c3ccccc3-c3ccccc32)cc1F)C(=O)O. The van der Waals surface area contributed by atoms with Crippen LogP contribution in [-0.4, -0.2) is 35.2 Å². The molecule has 0 heterocycles. The van der Waals surface area contributed by atoms with E-state index in [1.54, 1.807) is 6.92 Å². The second kappa shape index (κ2) is 9.58. The van der Waals surface area contributed by atoms with Gasteiger partial charge in [-0.15, -0.1) is 0 Å². The molecule has 0 spiro atoms. The fourth-order valence-corrected chi connectivity index (χ4v) is 4.14. The van der Waals surface area contributed by atoms with E-state index in [4.69, 9.17) is 4.74 Å². The molecule has 2 amide bonds. The molecule has 4 rings (SSSR count). The normalized spacial score (nSPS) is 13.8. The number of nitrogens with one attached hydrogen (secondary N) is 2. The number of anilines is 1. The van der Waals surface area contributed by atoms with Gasteiger partial charge in [-0.2, -0.15) is 0 Å². The van der Waals surface area contributed by atoms with Crippen molar-refractivity contribution >= 4 is 23.7 Å². The molecule has 1 unspecified atom stereocenters. The Morgan fingerprint density at radius 3 is 2.14 bits per heavy atom. The van der Waals surface area contributed by atoms with Gasteiger partial charge in [-0.05, 0) is 53.8 Å². The minimum atomic E-state index is -1.53. The number of carboxylic acids is 1. The van der Waals surface area contributed by atoms with E-state index < -0.39 is 29.3 Å². The van der Waals surface area contributed by atoms with Crippen LogP contribution in [0.5, 0.6) is 0 Å². The number of amides is 2. The van der Waals surface area contributed by atoms with Crippen LogP contribution in [-0.2, 0) is 9.53 Å². The van der Waals surface area contributed by atoms with Crippen molar-refractivity contribution in [3.05, 3.63) is 89.2 Å². The summed E-state index contributed by atoms with van der Waals surface area (Å²) < 4.78 is 20.0. The largest absolute Gasteiger partial charge is 0.480 e. The third kappa shape index (κ3) is 4.73. The van der Waals surface area contributed by atoms with Gasteiger partial charge >= 0.3 is 12.1 Å². The van der Waals surface area contributed by atoms with Gasteiger partial charge in [-0.25, -0.2) is 14.0 Å². The maximum Gasteiger partial charge on any atom is 0.411 e. The van der Waals surface area contributed by atoms with Crippen LogP contribution in [0, 0.1) is 5.82 Å². The fourth-order valence-electron chi connectivity index (χ4n) is 4.14. The van der Waals surface area contributed by atoms with Crippen LogP contribution in [0.25, 0.3) is 11.1 Å². The Kier molecular flexibility index (Phi) is 6.55. The number of ether oxygens (including phenoxy) is 1. The molecule has 0 fully saturated rings. The summed E-state index contributed by atoms with van der Waals surface area (Å²) in [5.41, 5.74) is 2.61. The van der Waals surface area contributed by atoms with Crippen LogP contribution in [0.4, 0.5) is 14.9 Å².